The number of rotatable bonds is 4. The molecule has 9 heteroatoms. The summed E-state index contributed by atoms with van der Waals surface area (Å²) in [5.74, 6) is -4.89. The smallest absolute Gasteiger partial charge is 0.336 e. The zero-order chi connectivity index (χ0) is 20.0. The van der Waals surface area contributed by atoms with Gasteiger partial charge >= 0.3 is 23.9 Å². The summed E-state index contributed by atoms with van der Waals surface area (Å²) in [4.78, 5) is 42.4. The molecule has 0 radical (unpaired) electrons. The average molecular weight is 452 g/mol. The van der Waals surface area contributed by atoms with E-state index in [2.05, 4.69) is 0 Å². The molecule has 0 aliphatic carbocycles. The molecule has 0 unspecified atom stereocenters. The van der Waals surface area contributed by atoms with Crippen LogP contribution in [0.25, 0.3) is 0 Å². The van der Waals surface area contributed by atoms with E-state index < -0.39 is 23.9 Å². The van der Waals surface area contributed by atoms with Crippen LogP contribution in [0.2, 0.25) is 0 Å². The molecule has 0 aromatic heterocycles. The summed E-state index contributed by atoms with van der Waals surface area (Å²) in [6.07, 6.45) is 0. The normalized spacial score (nSPS) is 9.26. The third-order valence-electron chi connectivity index (χ3n) is 3.27. The summed E-state index contributed by atoms with van der Waals surface area (Å²) in [6.45, 7) is 3.41. The summed E-state index contributed by atoms with van der Waals surface area (Å²) >= 11 is 0. The van der Waals surface area contributed by atoms with Gasteiger partial charge in [-0.2, -0.15) is 0 Å². The van der Waals surface area contributed by atoms with Crippen molar-refractivity contribution in [1.29, 1.82) is 0 Å². The second-order valence-electron chi connectivity index (χ2n) is 5.32. The molecule has 27 heavy (non-hydrogen) atoms. The third-order valence-corrected chi connectivity index (χ3v) is 3.27. The first-order chi connectivity index (χ1) is 12.0. The fourth-order valence-electron chi connectivity index (χ4n) is 2.04. The largest absolute Gasteiger partial charge is 0.478 e. The van der Waals surface area contributed by atoms with Crippen LogP contribution < -0.4 is 0 Å². The first-order valence-electron chi connectivity index (χ1n) is 7.19. The quantitative estimate of drug-likeness (QED) is 0.554. The molecule has 0 spiro atoms. The monoisotopic (exact) mass is 450 g/mol. The van der Waals surface area contributed by atoms with Gasteiger partial charge in [0.1, 0.15) is 0 Å². The van der Waals surface area contributed by atoms with Crippen molar-refractivity contribution >= 4 is 23.9 Å². The number of aromatic carboxylic acids is 4. The Morgan fingerprint density at radius 3 is 1.04 bits per heavy atom. The molecule has 2 aromatic carbocycles. The molecule has 0 bridgehead atoms. The Balaban J connectivity index is 0.000000483. The number of carboxylic acid groups (broad SMARTS) is 4. The maximum atomic E-state index is 10.6. The SMILES string of the molecule is Cc1ccc(C(=O)O)c(C(=O)O)c1.Cc1ccc(C(=O)O)c(C(=O)O)c1.[Zr]. The number of hydrogen-bond donors (Lipinski definition) is 4. The topological polar surface area (TPSA) is 149 Å². The van der Waals surface area contributed by atoms with E-state index in [1.54, 1.807) is 26.0 Å². The van der Waals surface area contributed by atoms with Crippen LogP contribution in [-0.4, -0.2) is 44.3 Å². The van der Waals surface area contributed by atoms with E-state index in [4.69, 9.17) is 20.4 Å². The number of benzene rings is 2. The molecule has 0 saturated carbocycles. The number of carboxylic acids is 4. The average Bonchev–Trinajstić information content (AvgIpc) is 2.54. The van der Waals surface area contributed by atoms with Gasteiger partial charge in [-0.1, -0.05) is 23.3 Å². The first-order valence-corrected chi connectivity index (χ1v) is 7.19. The second-order valence-corrected chi connectivity index (χ2v) is 5.32. The molecule has 4 N–H and O–H groups in total. The van der Waals surface area contributed by atoms with Gasteiger partial charge in [0.05, 0.1) is 22.3 Å². The standard InChI is InChI=1S/2C9H8O4.Zr/c2*1-5-2-3-6(8(10)11)7(4-5)9(12)13;/h2*2-4H,1H3,(H,10,11)(H,12,13);. The number of hydrogen-bond acceptors (Lipinski definition) is 4. The van der Waals surface area contributed by atoms with Crippen LogP contribution >= 0.6 is 0 Å². The van der Waals surface area contributed by atoms with Crippen molar-refractivity contribution in [3.8, 4) is 0 Å². The van der Waals surface area contributed by atoms with Crippen molar-refractivity contribution in [3.05, 3.63) is 69.8 Å². The van der Waals surface area contributed by atoms with Gasteiger partial charge in [-0.25, -0.2) is 19.2 Å². The van der Waals surface area contributed by atoms with E-state index in [0.717, 1.165) is 11.1 Å². The third kappa shape index (κ3) is 6.79. The van der Waals surface area contributed by atoms with E-state index >= 15 is 0 Å². The zero-order valence-corrected chi connectivity index (χ0v) is 16.8. The van der Waals surface area contributed by atoms with Crippen LogP contribution in [0, 0.1) is 13.8 Å². The summed E-state index contributed by atoms with van der Waals surface area (Å²) in [6, 6.07) is 8.39. The maximum absolute atomic E-state index is 10.6. The van der Waals surface area contributed by atoms with Crippen LogP contribution in [0.5, 0.6) is 0 Å². The van der Waals surface area contributed by atoms with Crippen molar-refractivity contribution in [1.82, 2.24) is 0 Å². The predicted molar refractivity (Wildman–Crippen MR) is 90.2 cm³/mol. The summed E-state index contributed by atoms with van der Waals surface area (Å²) in [5, 5.41) is 34.6. The fraction of sp³-hybridized carbons (Fsp3) is 0.111. The van der Waals surface area contributed by atoms with Gasteiger partial charge in [-0.3, -0.25) is 0 Å². The molecule has 0 atom stereocenters. The Bertz CT molecular complexity index is 815. The van der Waals surface area contributed by atoms with Gasteiger partial charge in [0.2, 0.25) is 0 Å². The van der Waals surface area contributed by atoms with Crippen LogP contribution in [0.4, 0.5) is 0 Å². The first kappa shape index (κ1) is 24.2. The molecule has 0 heterocycles. The van der Waals surface area contributed by atoms with Gasteiger partial charge in [0.15, 0.2) is 0 Å². The molecule has 0 aliphatic heterocycles. The second kappa shape index (κ2) is 10.4. The Labute approximate surface area is 173 Å². The Hall–Kier alpha value is -2.80. The minimum atomic E-state index is -1.22. The van der Waals surface area contributed by atoms with Crippen molar-refractivity contribution in [3.63, 3.8) is 0 Å². The molecule has 8 nitrogen and oxygen atoms in total. The maximum Gasteiger partial charge on any atom is 0.336 e. The van der Waals surface area contributed by atoms with Crippen molar-refractivity contribution in [2.24, 2.45) is 0 Å². The van der Waals surface area contributed by atoms with Crippen molar-refractivity contribution in [2.75, 3.05) is 0 Å². The van der Waals surface area contributed by atoms with Crippen LogP contribution in [0.15, 0.2) is 36.4 Å². The molecule has 0 saturated heterocycles. The summed E-state index contributed by atoms with van der Waals surface area (Å²) < 4.78 is 0. The number of aryl methyl sites for hydroxylation is 2. The van der Waals surface area contributed by atoms with E-state index in [-0.39, 0.29) is 48.5 Å². The van der Waals surface area contributed by atoms with Gasteiger partial charge in [0.25, 0.3) is 0 Å². The van der Waals surface area contributed by atoms with Gasteiger partial charge in [-0.05, 0) is 38.1 Å². The van der Waals surface area contributed by atoms with Crippen LogP contribution in [0.3, 0.4) is 0 Å². The molecular weight excluding hydrogens is 435 g/mol. The molecular formula is C18H16O8Zr. The van der Waals surface area contributed by atoms with Crippen molar-refractivity contribution in [2.45, 2.75) is 13.8 Å². The van der Waals surface area contributed by atoms with Crippen LogP contribution in [-0.2, 0) is 26.2 Å². The van der Waals surface area contributed by atoms with Gasteiger partial charge in [-0.15, -0.1) is 0 Å². The minimum Gasteiger partial charge on any atom is -0.478 e. The van der Waals surface area contributed by atoms with Gasteiger partial charge in [0, 0.05) is 26.2 Å². The Morgan fingerprint density at radius 1 is 0.556 bits per heavy atom. The minimum absolute atomic E-state index is 0. The molecule has 0 fully saturated rings. The Morgan fingerprint density at radius 2 is 0.815 bits per heavy atom. The van der Waals surface area contributed by atoms with E-state index in [1.807, 2.05) is 0 Å². The van der Waals surface area contributed by atoms with E-state index in [0.29, 0.717) is 0 Å². The Kier molecular flexibility index (Phi) is 9.30. The molecule has 2 rings (SSSR count). The molecule has 0 amide bonds. The van der Waals surface area contributed by atoms with E-state index in [9.17, 15) is 19.2 Å². The molecule has 2 aromatic rings. The van der Waals surface area contributed by atoms with E-state index in [1.165, 1.54) is 24.3 Å². The number of carbonyl (C=O) groups is 4. The molecule has 0 aliphatic rings. The fourth-order valence-corrected chi connectivity index (χ4v) is 2.04. The summed E-state index contributed by atoms with van der Waals surface area (Å²) in [7, 11) is 0. The van der Waals surface area contributed by atoms with Crippen LogP contribution in [0.1, 0.15) is 52.6 Å². The predicted octanol–water partition coefficient (Wildman–Crippen LogP) is 2.78. The molecule has 140 valence electrons. The van der Waals surface area contributed by atoms with Crippen molar-refractivity contribution < 1.29 is 65.8 Å². The zero-order valence-electron chi connectivity index (χ0n) is 14.4. The van der Waals surface area contributed by atoms with Gasteiger partial charge < -0.3 is 20.4 Å². The summed E-state index contributed by atoms with van der Waals surface area (Å²) in [5.41, 5.74) is 0.737.